The predicted octanol–water partition coefficient (Wildman–Crippen LogP) is 3.05. The molecule has 1 aromatic rings. The molecule has 0 saturated carbocycles. The molecular weight excluding hydrogens is 370 g/mol. The Kier molecular flexibility index (Phi) is 8.46. The van der Waals surface area contributed by atoms with Crippen LogP contribution in [0.5, 0.6) is 0 Å². The smallest absolute Gasteiger partial charge is 0.412 e. The van der Waals surface area contributed by atoms with Crippen LogP contribution in [0, 0.1) is 5.92 Å². The molecule has 1 aromatic carbocycles. The second-order valence-electron chi connectivity index (χ2n) is 8.76. The van der Waals surface area contributed by atoms with Crippen molar-refractivity contribution < 1.29 is 19.1 Å². The third kappa shape index (κ3) is 8.41. The molecule has 0 aromatic heterocycles. The SMILES string of the molecule is CC(C)C(CNC(=O)Cc1ccc(NC(=O)OC(C)(C)C)cc1)N1CCOCC1. The quantitative estimate of drug-likeness (QED) is 0.729. The first-order valence-electron chi connectivity index (χ1n) is 10.3. The summed E-state index contributed by atoms with van der Waals surface area (Å²) in [5, 5.41) is 5.76. The summed E-state index contributed by atoms with van der Waals surface area (Å²) in [5.74, 6) is 0.448. The van der Waals surface area contributed by atoms with Gasteiger partial charge in [-0.3, -0.25) is 15.0 Å². The molecule has 0 bridgehead atoms. The Labute approximate surface area is 174 Å². The van der Waals surface area contributed by atoms with Gasteiger partial charge in [0.1, 0.15) is 5.60 Å². The van der Waals surface area contributed by atoms with Crippen LogP contribution in [0.15, 0.2) is 24.3 Å². The molecule has 1 aliphatic rings. The Balaban J connectivity index is 1.81. The minimum absolute atomic E-state index is 0.00300. The fourth-order valence-electron chi connectivity index (χ4n) is 3.29. The van der Waals surface area contributed by atoms with Crippen LogP contribution in [0.1, 0.15) is 40.2 Å². The summed E-state index contributed by atoms with van der Waals surface area (Å²) in [6, 6.07) is 7.54. The van der Waals surface area contributed by atoms with Gasteiger partial charge in [-0.05, 0) is 44.4 Å². The zero-order valence-corrected chi connectivity index (χ0v) is 18.3. The fraction of sp³-hybridized carbons (Fsp3) is 0.636. The lowest BCUT2D eigenvalue weighted by atomic mass is 10.0. The van der Waals surface area contributed by atoms with Crippen LogP contribution in [0.2, 0.25) is 0 Å². The number of hydrogen-bond donors (Lipinski definition) is 2. The van der Waals surface area contributed by atoms with Crippen LogP contribution in [0.4, 0.5) is 10.5 Å². The van der Waals surface area contributed by atoms with Crippen molar-refractivity contribution in [3.8, 4) is 0 Å². The summed E-state index contributed by atoms with van der Waals surface area (Å²) in [6.45, 7) is 13.8. The summed E-state index contributed by atoms with van der Waals surface area (Å²) in [7, 11) is 0. The van der Waals surface area contributed by atoms with E-state index >= 15 is 0 Å². The van der Waals surface area contributed by atoms with E-state index in [0.29, 0.717) is 30.6 Å². The highest BCUT2D eigenvalue weighted by Gasteiger charge is 2.24. The molecule has 0 aliphatic carbocycles. The molecule has 0 spiro atoms. The van der Waals surface area contributed by atoms with Gasteiger partial charge in [0.2, 0.25) is 5.91 Å². The zero-order valence-electron chi connectivity index (χ0n) is 18.3. The van der Waals surface area contributed by atoms with Crippen LogP contribution in [0.3, 0.4) is 0 Å². The molecule has 2 amide bonds. The van der Waals surface area contributed by atoms with Crippen LogP contribution in [-0.4, -0.2) is 61.4 Å². The van der Waals surface area contributed by atoms with Crippen molar-refractivity contribution in [2.24, 2.45) is 5.92 Å². The lowest BCUT2D eigenvalue weighted by Gasteiger charge is -2.36. The van der Waals surface area contributed by atoms with Crippen LogP contribution < -0.4 is 10.6 Å². The third-order valence-electron chi connectivity index (χ3n) is 4.76. The van der Waals surface area contributed by atoms with E-state index in [2.05, 4.69) is 29.4 Å². The maximum atomic E-state index is 12.4. The van der Waals surface area contributed by atoms with Crippen molar-refractivity contribution in [1.82, 2.24) is 10.2 Å². The maximum Gasteiger partial charge on any atom is 0.412 e. The van der Waals surface area contributed by atoms with E-state index in [4.69, 9.17) is 9.47 Å². The van der Waals surface area contributed by atoms with Crippen molar-refractivity contribution in [2.75, 3.05) is 38.2 Å². The molecule has 162 valence electrons. The van der Waals surface area contributed by atoms with Gasteiger partial charge in [0, 0.05) is 31.4 Å². The zero-order chi connectivity index (χ0) is 21.4. The molecule has 1 unspecified atom stereocenters. The average molecular weight is 406 g/mol. The van der Waals surface area contributed by atoms with E-state index in [1.807, 2.05) is 32.9 Å². The normalized spacial score (nSPS) is 16.3. The molecule has 1 aliphatic heterocycles. The molecule has 7 nitrogen and oxygen atoms in total. The van der Waals surface area contributed by atoms with E-state index in [0.717, 1.165) is 31.9 Å². The van der Waals surface area contributed by atoms with Crippen LogP contribution in [-0.2, 0) is 20.7 Å². The standard InChI is InChI=1S/C22H35N3O4/c1-16(2)19(25-10-12-28-13-11-25)15-23-20(26)14-17-6-8-18(9-7-17)24-21(27)29-22(3,4)5/h6-9,16,19H,10-15H2,1-5H3,(H,23,26)(H,24,27). The number of rotatable bonds is 7. The van der Waals surface area contributed by atoms with Gasteiger partial charge >= 0.3 is 6.09 Å². The number of nitrogens with zero attached hydrogens (tertiary/aromatic N) is 1. The second kappa shape index (κ2) is 10.6. The number of benzene rings is 1. The Morgan fingerprint density at radius 2 is 1.76 bits per heavy atom. The predicted molar refractivity (Wildman–Crippen MR) is 114 cm³/mol. The number of carbonyl (C=O) groups excluding carboxylic acids is 2. The summed E-state index contributed by atoms with van der Waals surface area (Å²) in [4.78, 5) is 26.6. The highest BCUT2D eigenvalue weighted by atomic mass is 16.6. The number of morpholine rings is 1. The summed E-state index contributed by atoms with van der Waals surface area (Å²) < 4.78 is 10.7. The van der Waals surface area contributed by atoms with Gasteiger partial charge in [-0.15, -0.1) is 0 Å². The van der Waals surface area contributed by atoms with Crippen molar-refractivity contribution in [3.05, 3.63) is 29.8 Å². The Hall–Kier alpha value is -2.12. The highest BCUT2D eigenvalue weighted by Crippen LogP contribution is 2.14. The monoisotopic (exact) mass is 405 g/mol. The molecule has 2 rings (SSSR count). The summed E-state index contributed by atoms with van der Waals surface area (Å²) in [6.07, 6.45) is -0.188. The molecular formula is C22H35N3O4. The number of nitrogens with one attached hydrogen (secondary N) is 2. The molecule has 1 atom stereocenters. The van der Waals surface area contributed by atoms with E-state index in [-0.39, 0.29) is 5.91 Å². The molecule has 1 heterocycles. The van der Waals surface area contributed by atoms with E-state index in [9.17, 15) is 9.59 Å². The number of anilines is 1. The van der Waals surface area contributed by atoms with Gasteiger partial charge < -0.3 is 14.8 Å². The van der Waals surface area contributed by atoms with Crippen molar-refractivity contribution in [3.63, 3.8) is 0 Å². The topological polar surface area (TPSA) is 79.9 Å². The van der Waals surface area contributed by atoms with Gasteiger partial charge in [-0.25, -0.2) is 4.79 Å². The lowest BCUT2D eigenvalue weighted by molar-refractivity contribution is -0.120. The van der Waals surface area contributed by atoms with E-state index in [1.54, 1.807) is 12.1 Å². The maximum absolute atomic E-state index is 12.4. The summed E-state index contributed by atoms with van der Waals surface area (Å²) in [5.41, 5.74) is 0.984. The van der Waals surface area contributed by atoms with Crippen LogP contribution >= 0.6 is 0 Å². The van der Waals surface area contributed by atoms with Gasteiger partial charge in [0.05, 0.1) is 19.6 Å². The third-order valence-corrected chi connectivity index (χ3v) is 4.76. The molecule has 1 saturated heterocycles. The van der Waals surface area contributed by atoms with Gasteiger partial charge in [0.15, 0.2) is 0 Å². The van der Waals surface area contributed by atoms with E-state index < -0.39 is 11.7 Å². The molecule has 7 heteroatoms. The highest BCUT2D eigenvalue weighted by molar-refractivity contribution is 5.85. The number of hydrogen-bond acceptors (Lipinski definition) is 5. The van der Waals surface area contributed by atoms with Gasteiger partial charge in [0.25, 0.3) is 0 Å². The van der Waals surface area contributed by atoms with Crippen molar-refractivity contribution in [1.29, 1.82) is 0 Å². The molecule has 0 radical (unpaired) electrons. The largest absolute Gasteiger partial charge is 0.444 e. The van der Waals surface area contributed by atoms with Crippen molar-refractivity contribution >= 4 is 17.7 Å². The minimum atomic E-state index is -0.544. The Bertz CT molecular complexity index is 662. The molecule has 29 heavy (non-hydrogen) atoms. The Morgan fingerprint density at radius 1 is 1.14 bits per heavy atom. The number of carbonyl (C=O) groups is 2. The van der Waals surface area contributed by atoms with E-state index in [1.165, 1.54) is 0 Å². The first kappa shape index (κ1) is 23.2. The lowest BCUT2D eigenvalue weighted by Crippen LogP contribution is -2.51. The number of ether oxygens (including phenoxy) is 2. The second-order valence-corrected chi connectivity index (χ2v) is 8.76. The fourth-order valence-corrected chi connectivity index (χ4v) is 3.29. The first-order chi connectivity index (χ1) is 13.6. The first-order valence-corrected chi connectivity index (χ1v) is 10.3. The molecule has 1 fully saturated rings. The van der Waals surface area contributed by atoms with Gasteiger partial charge in [-0.2, -0.15) is 0 Å². The number of amides is 2. The molecule has 2 N–H and O–H groups in total. The van der Waals surface area contributed by atoms with Crippen LogP contribution in [0.25, 0.3) is 0 Å². The van der Waals surface area contributed by atoms with Gasteiger partial charge in [-0.1, -0.05) is 26.0 Å². The summed E-state index contributed by atoms with van der Waals surface area (Å²) >= 11 is 0. The Morgan fingerprint density at radius 3 is 2.31 bits per heavy atom. The minimum Gasteiger partial charge on any atom is -0.444 e. The van der Waals surface area contributed by atoms with Crippen molar-refractivity contribution in [2.45, 2.75) is 52.7 Å². The average Bonchev–Trinajstić information content (AvgIpc) is 2.62.